The van der Waals surface area contributed by atoms with Crippen LogP contribution in [0.1, 0.15) is 55.6 Å². The summed E-state index contributed by atoms with van der Waals surface area (Å²) in [7, 11) is 0. The van der Waals surface area contributed by atoms with Crippen molar-refractivity contribution >= 4 is 24.0 Å². The number of rotatable bonds is 11. The Hall–Kier alpha value is -3.80. The summed E-state index contributed by atoms with van der Waals surface area (Å²) < 4.78 is 11.3. The van der Waals surface area contributed by atoms with Crippen LogP contribution in [-0.4, -0.2) is 55.4 Å². The topological polar surface area (TPSA) is 153 Å². The normalized spacial score (nSPS) is 12.2. The predicted octanol–water partition coefficient (Wildman–Crippen LogP) is 2.27. The zero-order chi connectivity index (χ0) is 22.9. The van der Waals surface area contributed by atoms with Crippen LogP contribution in [0.5, 0.6) is 0 Å². The number of nitrogen functional groups attached to an aromatic ring is 1. The molecule has 12 nitrogen and oxygen atoms in total. The number of allylic oxidation sites excluding steroid dienone is 1. The molecule has 3 rings (SSSR count). The van der Waals surface area contributed by atoms with Gasteiger partial charge in [-0.1, -0.05) is 19.1 Å². The summed E-state index contributed by atoms with van der Waals surface area (Å²) in [6.07, 6.45) is 6.82. The van der Waals surface area contributed by atoms with Gasteiger partial charge in [-0.3, -0.25) is 9.69 Å². The second kappa shape index (κ2) is 11.0. The van der Waals surface area contributed by atoms with Crippen LogP contribution in [0.15, 0.2) is 38.1 Å². The lowest BCUT2D eigenvalue weighted by molar-refractivity contribution is 0.0947. The molecule has 0 saturated heterocycles. The predicted molar refractivity (Wildman–Crippen MR) is 118 cm³/mol. The zero-order valence-electron chi connectivity index (χ0n) is 18.4. The van der Waals surface area contributed by atoms with Crippen molar-refractivity contribution in [2.75, 3.05) is 18.8 Å². The number of carbonyl (C=O) groups is 1. The van der Waals surface area contributed by atoms with Gasteiger partial charge in [0.05, 0.1) is 18.2 Å². The first kappa shape index (κ1) is 22.9. The molecule has 0 fully saturated rings. The summed E-state index contributed by atoms with van der Waals surface area (Å²) >= 11 is 0. The van der Waals surface area contributed by atoms with Gasteiger partial charge in [-0.05, 0) is 67.0 Å². The fraction of sp³-hybridized carbons (Fsp3) is 0.400. The van der Waals surface area contributed by atoms with Crippen LogP contribution < -0.4 is 11.2 Å². The SMILES string of the molecule is CCCN(CCC)Cc1c(C(=O)N/N=C/C(C)=C\c2ccco2)nnn1-c1nonc1N. The molecular weight excluding hydrogens is 414 g/mol. The highest BCUT2D eigenvalue weighted by Crippen LogP contribution is 2.18. The molecule has 0 radical (unpaired) electrons. The van der Waals surface area contributed by atoms with Crippen LogP contribution in [-0.2, 0) is 6.54 Å². The van der Waals surface area contributed by atoms with E-state index in [4.69, 9.17) is 14.8 Å². The van der Waals surface area contributed by atoms with E-state index in [0.717, 1.165) is 31.5 Å². The summed E-state index contributed by atoms with van der Waals surface area (Å²) in [6.45, 7) is 8.15. The Labute approximate surface area is 185 Å². The van der Waals surface area contributed by atoms with Gasteiger partial charge >= 0.3 is 0 Å². The van der Waals surface area contributed by atoms with Gasteiger partial charge in [0.1, 0.15) is 5.76 Å². The standard InChI is InChI=1S/C20H27N9O3/c1-4-8-28(9-5-2)13-16-17(23-27-29(16)19-18(21)25-32-26-19)20(30)24-22-12-14(3)11-15-7-6-10-31-15/h6-7,10-12H,4-5,8-9,13H2,1-3H3,(H2,21,25)(H,24,30)/b14-11-,22-12+. The molecule has 3 aromatic heterocycles. The largest absolute Gasteiger partial charge is 0.465 e. The molecule has 0 unspecified atom stereocenters. The summed E-state index contributed by atoms with van der Waals surface area (Å²) in [5, 5.41) is 19.5. The third-order valence-electron chi connectivity index (χ3n) is 4.47. The number of anilines is 1. The monoisotopic (exact) mass is 441 g/mol. The number of carbonyl (C=O) groups excluding carboxylic acids is 1. The highest BCUT2D eigenvalue weighted by atomic mass is 16.6. The molecule has 170 valence electrons. The molecule has 0 saturated carbocycles. The van der Waals surface area contributed by atoms with Crippen molar-refractivity contribution < 1.29 is 13.8 Å². The molecule has 32 heavy (non-hydrogen) atoms. The van der Waals surface area contributed by atoms with E-state index in [0.29, 0.717) is 18.0 Å². The van der Waals surface area contributed by atoms with Crippen LogP contribution >= 0.6 is 0 Å². The maximum atomic E-state index is 12.8. The van der Waals surface area contributed by atoms with Gasteiger partial charge in [0.15, 0.2) is 5.69 Å². The Morgan fingerprint density at radius 3 is 2.72 bits per heavy atom. The molecule has 0 bridgehead atoms. The van der Waals surface area contributed by atoms with Crippen LogP contribution in [0.4, 0.5) is 5.82 Å². The molecule has 12 heteroatoms. The Bertz CT molecular complexity index is 1060. The second-order valence-corrected chi connectivity index (χ2v) is 7.15. The zero-order valence-corrected chi connectivity index (χ0v) is 18.4. The van der Waals surface area contributed by atoms with Gasteiger partial charge in [0, 0.05) is 6.54 Å². The van der Waals surface area contributed by atoms with Crippen molar-refractivity contribution in [3.05, 3.63) is 41.1 Å². The van der Waals surface area contributed by atoms with Gasteiger partial charge in [-0.15, -0.1) is 5.10 Å². The van der Waals surface area contributed by atoms with E-state index in [1.807, 2.05) is 13.0 Å². The molecule has 0 aromatic carbocycles. The lowest BCUT2D eigenvalue weighted by atomic mass is 10.2. The van der Waals surface area contributed by atoms with Gasteiger partial charge in [0.25, 0.3) is 5.91 Å². The summed E-state index contributed by atoms with van der Waals surface area (Å²) in [5.74, 6) is 0.421. The summed E-state index contributed by atoms with van der Waals surface area (Å²) in [5.41, 5.74) is 9.76. The van der Waals surface area contributed by atoms with Crippen molar-refractivity contribution in [3.8, 4) is 5.82 Å². The minimum Gasteiger partial charge on any atom is -0.465 e. The van der Waals surface area contributed by atoms with E-state index in [1.54, 1.807) is 18.4 Å². The van der Waals surface area contributed by atoms with Crippen LogP contribution in [0, 0.1) is 0 Å². The van der Waals surface area contributed by atoms with E-state index in [2.05, 4.69) is 49.9 Å². The fourth-order valence-electron chi connectivity index (χ4n) is 3.12. The van der Waals surface area contributed by atoms with Crippen LogP contribution in [0.2, 0.25) is 0 Å². The molecule has 0 aliphatic heterocycles. The lowest BCUT2D eigenvalue weighted by Gasteiger charge is -2.21. The van der Waals surface area contributed by atoms with E-state index < -0.39 is 5.91 Å². The van der Waals surface area contributed by atoms with E-state index in [9.17, 15) is 4.79 Å². The van der Waals surface area contributed by atoms with Crippen molar-refractivity contribution in [3.63, 3.8) is 0 Å². The lowest BCUT2D eigenvalue weighted by Crippen LogP contribution is -2.28. The van der Waals surface area contributed by atoms with Crippen molar-refractivity contribution in [1.82, 2.24) is 35.6 Å². The number of nitrogens with one attached hydrogen (secondary N) is 1. The fourth-order valence-corrected chi connectivity index (χ4v) is 3.12. The third-order valence-corrected chi connectivity index (χ3v) is 4.47. The molecule has 0 aliphatic rings. The molecule has 0 spiro atoms. The number of nitrogens with zero attached hydrogens (tertiary/aromatic N) is 7. The highest BCUT2D eigenvalue weighted by molar-refractivity contribution is 5.94. The average Bonchev–Trinajstić information content (AvgIpc) is 3.50. The molecule has 3 aromatic rings. The highest BCUT2D eigenvalue weighted by Gasteiger charge is 2.25. The van der Waals surface area contributed by atoms with Crippen molar-refractivity contribution in [2.45, 2.75) is 40.2 Å². The second-order valence-electron chi connectivity index (χ2n) is 7.15. The number of aromatic nitrogens is 5. The van der Waals surface area contributed by atoms with E-state index in [-0.39, 0.29) is 17.3 Å². The quantitative estimate of drug-likeness (QED) is 0.337. The smallest absolute Gasteiger partial charge is 0.293 e. The van der Waals surface area contributed by atoms with Gasteiger partial charge < -0.3 is 10.2 Å². The first-order valence-corrected chi connectivity index (χ1v) is 10.3. The van der Waals surface area contributed by atoms with Crippen LogP contribution in [0.25, 0.3) is 11.9 Å². The van der Waals surface area contributed by atoms with Gasteiger partial charge in [-0.2, -0.15) is 9.78 Å². The molecule has 3 N–H and O–H groups in total. The van der Waals surface area contributed by atoms with Gasteiger partial charge in [0.2, 0.25) is 11.6 Å². The first-order chi connectivity index (χ1) is 15.5. The number of hydrazone groups is 1. The molecule has 1 amide bonds. The Morgan fingerprint density at radius 2 is 2.09 bits per heavy atom. The Morgan fingerprint density at radius 1 is 1.31 bits per heavy atom. The Balaban J connectivity index is 1.83. The first-order valence-electron chi connectivity index (χ1n) is 10.3. The third kappa shape index (κ3) is 5.66. The van der Waals surface area contributed by atoms with Gasteiger partial charge in [-0.25, -0.2) is 10.1 Å². The molecular formula is C20H27N9O3. The number of amides is 1. The summed E-state index contributed by atoms with van der Waals surface area (Å²) in [4.78, 5) is 15.0. The summed E-state index contributed by atoms with van der Waals surface area (Å²) in [6, 6.07) is 3.61. The number of hydrogen-bond donors (Lipinski definition) is 2. The Kier molecular flexibility index (Phi) is 7.86. The average molecular weight is 441 g/mol. The molecule has 0 aliphatic carbocycles. The number of nitrogens with two attached hydrogens (primary N) is 1. The minimum absolute atomic E-state index is 0.0531. The number of hydrogen-bond acceptors (Lipinski definition) is 10. The number of furan rings is 1. The van der Waals surface area contributed by atoms with Crippen LogP contribution in [0.3, 0.4) is 0 Å². The van der Waals surface area contributed by atoms with Crippen molar-refractivity contribution in [2.24, 2.45) is 5.10 Å². The van der Waals surface area contributed by atoms with E-state index in [1.165, 1.54) is 10.9 Å². The molecule has 0 atom stereocenters. The molecule has 3 heterocycles. The minimum atomic E-state index is -0.503. The maximum absolute atomic E-state index is 12.8. The van der Waals surface area contributed by atoms with E-state index >= 15 is 0 Å². The maximum Gasteiger partial charge on any atom is 0.293 e. The van der Waals surface area contributed by atoms with Crippen molar-refractivity contribution in [1.29, 1.82) is 0 Å².